The number of hydrogen-bond acceptors (Lipinski definition) is 2. The fraction of sp³-hybridized carbons (Fsp3) is 0.750. The monoisotopic (exact) mass is 174 g/mol. The van der Waals surface area contributed by atoms with Gasteiger partial charge in [-0.1, -0.05) is 26.6 Å². The lowest BCUT2D eigenvalue weighted by Crippen LogP contribution is -2.27. The van der Waals surface area contributed by atoms with Crippen LogP contribution in [0.15, 0.2) is 11.5 Å². The fourth-order valence-electron chi connectivity index (χ4n) is 0.843. The van der Waals surface area contributed by atoms with Crippen molar-refractivity contribution in [2.45, 2.75) is 39.0 Å². The molecule has 0 aliphatic rings. The molecule has 1 atom stereocenters. The van der Waals surface area contributed by atoms with E-state index in [0.29, 0.717) is 11.1 Å². The van der Waals surface area contributed by atoms with Gasteiger partial charge in [-0.3, -0.25) is 0 Å². The Bertz CT molecular complexity index is 163. The maximum Gasteiger partial charge on any atom is 0.272 e. The molecule has 0 heterocycles. The molecule has 2 N–H and O–H groups in total. The molecule has 0 radical (unpaired) electrons. The fourth-order valence-corrected chi connectivity index (χ4v) is 2.27. The van der Waals surface area contributed by atoms with Gasteiger partial charge in [0.1, 0.15) is 0 Å². The zero-order valence-electron chi connectivity index (χ0n) is 7.97. The number of allylic oxidation sites excluding steroid dienone is 1. The molecule has 0 rings (SSSR count). The Morgan fingerprint density at radius 3 is 1.64 bits per heavy atom. The molecule has 0 bridgehead atoms. The third-order valence-corrected chi connectivity index (χ3v) is 5.33. The van der Waals surface area contributed by atoms with Crippen molar-refractivity contribution >= 4 is 8.07 Å². The van der Waals surface area contributed by atoms with Gasteiger partial charge in [0.15, 0.2) is 0 Å². The molecule has 0 aromatic carbocycles. The Morgan fingerprint density at radius 2 is 1.55 bits per heavy atom. The maximum absolute atomic E-state index is 8.81. The van der Waals surface area contributed by atoms with E-state index >= 15 is 0 Å². The highest BCUT2D eigenvalue weighted by molar-refractivity contribution is 6.78. The summed E-state index contributed by atoms with van der Waals surface area (Å²) in [5.41, 5.74) is 1.04. The van der Waals surface area contributed by atoms with Gasteiger partial charge in [-0.2, -0.15) is 0 Å². The van der Waals surface area contributed by atoms with E-state index in [1.165, 1.54) is 0 Å². The van der Waals surface area contributed by atoms with E-state index in [4.69, 9.17) is 10.2 Å². The summed E-state index contributed by atoms with van der Waals surface area (Å²) in [6, 6.07) is 0. The summed E-state index contributed by atoms with van der Waals surface area (Å²) >= 11 is 0. The second kappa shape index (κ2) is 3.30. The Morgan fingerprint density at radius 1 is 1.18 bits per heavy atom. The van der Waals surface area contributed by atoms with Crippen molar-refractivity contribution in [1.29, 1.82) is 0 Å². The molecule has 2 nitrogen and oxygen atoms in total. The zero-order valence-corrected chi connectivity index (χ0v) is 8.97. The highest BCUT2D eigenvalue weighted by Crippen LogP contribution is 2.29. The van der Waals surface area contributed by atoms with Crippen LogP contribution in [0, 0.1) is 0 Å². The summed E-state index contributed by atoms with van der Waals surface area (Å²) in [4.78, 5) is 0. The van der Waals surface area contributed by atoms with E-state index in [1.54, 1.807) is 6.92 Å². The third kappa shape index (κ3) is 2.97. The summed E-state index contributed by atoms with van der Waals surface area (Å²) in [5.74, 6) is -0.500. The van der Waals surface area contributed by atoms with Crippen molar-refractivity contribution in [3.05, 3.63) is 11.5 Å². The topological polar surface area (TPSA) is 40.5 Å². The second-order valence-corrected chi connectivity index (χ2v) is 9.69. The molecular formula is C8H18O2Si. The van der Waals surface area contributed by atoms with E-state index in [-0.39, 0.29) is 0 Å². The van der Waals surface area contributed by atoms with Gasteiger partial charge in [0, 0.05) is 5.57 Å². The molecule has 0 saturated heterocycles. The Hall–Kier alpha value is -0.443. The average Bonchev–Trinajstić information content (AvgIpc) is 1.82. The first kappa shape index (κ1) is 10.6. The Balaban J connectivity index is 4.52. The summed E-state index contributed by atoms with van der Waals surface area (Å²) in [6.45, 7) is 10.5. The van der Waals surface area contributed by atoms with Crippen LogP contribution in [0.2, 0.25) is 25.2 Å². The SMILES string of the molecule is CC(=C(O)O)C(C)[Si](C)(C)C. The molecule has 0 aliphatic heterocycles. The quantitative estimate of drug-likeness (QED) is 0.499. The number of rotatable bonds is 2. The minimum atomic E-state index is -1.26. The third-order valence-electron chi connectivity index (χ3n) is 2.30. The molecule has 11 heavy (non-hydrogen) atoms. The minimum absolute atomic E-state index is 0.326. The summed E-state index contributed by atoms with van der Waals surface area (Å²) in [5, 5.41) is 17.6. The van der Waals surface area contributed by atoms with Gasteiger partial charge >= 0.3 is 0 Å². The molecule has 0 fully saturated rings. The number of hydrogen-bond donors (Lipinski definition) is 2. The molecular weight excluding hydrogens is 156 g/mol. The smallest absolute Gasteiger partial charge is 0.272 e. The van der Waals surface area contributed by atoms with Crippen LogP contribution < -0.4 is 0 Å². The summed E-state index contributed by atoms with van der Waals surface area (Å²) < 4.78 is 0. The van der Waals surface area contributed by atoms with Crippen molar-refractivity contribution in [2.24, 2.45) is 0 Å². The van der Waals surface area contributed by atoms with E-state index in [0.717, 1.165) is 0 Å². The lowest BCUT2D eigenvalue weighted by atomic mass is 10.2. The molecule has 0 saturated carbocycles. The van der Waals surface area contributed by atoms with Gasteiger partial charge in [-0.15, -0.1) is 0 Å². The lowest BCUT2D eigenvalue weighted by Gasteiger charge is -2.25. The molecule has 66 valence electrons. The van der Waals surface area contributed by atoms with Crippen LogP contribution in [-0.4, -0.2) is 18.3 Å². The second-order valence-electron chi connectivity index (χ2n) is 4.09. The van der Waals surface area contributed by atoms with Crippen LogP contribution >= 0.6 is 0 Å². The maximum atomic E-state index is 8.81. The predicted molar refractivity (Wildman–Crippen MR) is 50.7 cm³/mol. The molecule has 0 aliphatic carbocycles. The van der Waals surface area contributed by atoms with E-state index in [2.05, 4.69) is 19.6 Å². The predicted octanol–water partition coefficient (Wildman–Crippen LogP) is 3.06. The molecule has 1 unspecified atom stereocenters. The van der Waals surface area contributed by atoms with Crippen LogP contribution in [-0.2, 0) is 0 Å². The van der Waals surface area contributed by atoms with Crippen LogP contribution in [0.3, 0.4) is 0 Å². The van der Waals surface area contributed by atoms with Crippen LogP contribution in [0.4, 0.5) is 0 Å². The zero-order chi connectivity index (χ0) is 9.23. The van der Waals surface area contributed by atoms with Gasteiger partial charge in [-0.25, -0.2) is 0 Å². The highest BCUT2D eigenvalue weighted by Gasteiger charge is 2.25. The van der Waals surface area contributed by atoms with Crippen molar-refractivity contribution in [1.82, 2.24) is 0 Å². The Kier molecular flexibility index (Phi) is 3.17. The standard InChI is InChI=1S/C8H18O2Si/c1-6(8(9)10)7(2)11(3,4)5/h7,9-10H,1-5H3. The van der Waals surface area contributed by atoms with Gasteiger partial charge in [0.2, 0.25) is 0 Å². The van der Waals surface area contributed by atoms with Gasteiger partial charge in [-0.05, 0) is 12.5 Å². The highest BCUT2D eigenvalue weighted by atomic mass is 28.3. The summed E-state index contributed by atoms with van der Waals surface area (Å²) in [6.07, 6.45) is 0. The van der Waals surface area contributed by atoms with Crippen LogP contribution in [0.25, 0.3) is 0 Å². The Labute approximate surface area is 69.6 Å². The number of aliphatic hydroxyl groups is 2. The average molecular weight is 174 g/mol. The molecule has 3 heteroatoms. The minimum Gasteiger partial charge on any atom is -0.481 e. The lowest BCUT2D eigenvalue weighted by molar-refractivity contribution is 0.183. The largest absolute Gasteiger partial charge is 0.481 e. The van der Waals surface area contributed by atoms with E-state index in [9.17, 15) is 0 Å². The van der Waals surface area contributed by atoms with Crippen molar-refractivity contribution in [2.75, 3.05) is 0 Å². The van der Waals surface area contributed by atoms with E-state index < -0.39 is 14.0 Å². The van der Waals surface area contributed by atoms with E-state index in [1.807, 2.05) is 6.92 Å². The van der Waals surface area contributed by atoms with Crippen LogP contribution in [0.1, 0.15) is 13.8 Å². The van der Waals surface area contributed by atoms with Crippen molar-refractivity contribution in [3.8, 4) is 0 Å². The molecule has 0 amide bonds. The first-order valence-electron chi connectivity index (χ1n) is 3.85. The summed E-state index contributed by atoms with van der Waals surface area (Å²) in [7, 11) is -1.26. The van der Waals surface area contributed by atoms with Crippen molar-refractivity contribution < 1.29 is 10.2 Å². The van der Waals surface area contributed by atoms with Gasteiger partial charge < -0.3 is 10.2 Å². The first-order chi connectivity index (χ1) is 4.76. The van der Waals surface area contributed by atoms with Gasteiger partial charge in [0.25, 0.3) is 5.95 Å². The van der Waals surface area contributed by atoms with Crippen molar-refractivity contribution in [3.63, 3.8) is 0 Å². The van der Waals surface area contributed by atoms with Crippen LogP contribution in [0.5, 0.6) is 0 Å². The normalized spacial score (nSPS) is 14.3. The molecule has 0 aromatic heterocycles. The van der Waals surface area contributed by atoms with Gasteiger partial charge in [0.05, 0.1) is 8.07 Å². The molecule has 0 aromatic rings. The first-order valence-corrected chi connectivity index (χ1v) is 7.43. The molecule has 0 spiro atoms. The number of aliphatic hydroxyl groups excluding tert-OH is 1.